The van der Waals surface area contributed by atoms with Crippen LogP contribution in [0.4, 0.5) is 0 Å². The minimum atomic E-state index is -3.52. The largest absolute Gasteiger partial charge is 0.356 e. The van der Waals surface area contributed by atoms with E-state index < -0.39 is 10.0 Å². The molecule has 1 amide bonds. The number of aromatic amines is 1. The zero-order valence-electron chi connectivity index (χ0n) is 14.6. The number of benzene rings is 1. The van der Waals surface area contributed by atoms with Gasteiger partial charge >= 0.3 is 0 Å². The molecular weight excluding hydrogens is 350 g/mol. The SMILES string of the molecule is O=C(c1cc(S(=O)(=O)N2CCCCC2)c[nH]1)N1CCc2ccccc2C1. The van der Waals surface area contributed by atoms with Gasteiger partial charge in [0.2, 0.25) is 10.0 Å². The fraction of sp³-hybridized carbons (Fsp3) is 0.421. The van der Waals surface area contributed by atoms with E-state index in [1.165, 1.54) is 22.1 Å². The second-order valence-corrected chi connectivity index (χ2v) is 8.90. The van der Waals surface area contributed by atoms with Gasteiger partial charge in [-0.05, 0) is 36.5 Å². The Hall–Kier alpha value is -2.12. The van der Waals surface area contributed by atoms with Crippen molar-refractivity contribution in [3.63, 3.8) is 0 Å². The summed E-state index contributed by atoms with van der Waals surface area (Å²) in [5, 5.41) is 0. The Bertz CT molecular complexity index is 914. The van der Waals surface area contributed by atoms with Crippen molar-refractivity contribution < 1.29 is 13.2 Å². The molecule has 0 aliphatic carbocycles. The number of piperidine rings is 1. The highest BCUT2D eigenvalue weighted by atomic mass is 32.2. The molecule has 0 unspecified atom stereocenters. The van der Waals surface area contributed by atoms with Crippen molar-refractivity contribution in [2.24, 2.45) is 0 Å². The lowest BCUT2D eigenvalue weighted by atomic mass is 10.00. The number of H-pyrrole nitrogens is 1. The Kier molecular flexibility index (Phi) is 4.58. The van der Waals surface area contributed by atoms with Gasteiger partial charge in [-0.2, -0.15) is 4.31 Å². The standard InChI is InChI=1S/C19H23N3O3S/c23-19(21-11-8-15-6-2-3-7-16(15)14-21)18-12-17(13-20-18)26(24,25)22-9-4-1-5-10-22/h2-3,6-7,12-13,20H,1,4-5,8-11,14H2. The number of nitrogens with one attached hydrogen (secondary N) is 1. The lowest BCUT2D eigenvalue weighted by molar-refractivity contribution is 0.0729. The van der Waals surface area contributed by atoms with E-state index in [2.05, 4.69) is 11.1 Å². The van der Waals surface area contributed by atoms with Crippen molar-refractivity contribution in [3.05, 3.63) is 53.3 Å². The van der Waals surface area contributed by atoms with Crippen LogP contribution >= 0.6 is 0 Å². The number of hydrogen-bond donors (Lipinski definition) is 1. The maximum absolute atomic E-state index is 12.8. The third kappa shape index (κ3) is 3.17. The lowest BCUT2D eigenvalue weighted by Gasteiger charge is -2.28. The highest BCUT2D eigenvalue weighted by Gasteiger charge is 2.29. The van der Waals surface area contributed by atoms with Crippen molar-refractivity contribution >= 4 is 15.9 Å². The maximum atomic E-state index is 12.8. The van der Waals surface area contributed by atoms with Gasteiger partial charge in [-0.3, -0.25) is 4.79 Å². The summed E-state index contributed by atoms with van der Waals surface area (Å²) in [6.45, 7) is 2.31. The van der Waals surface area contributed by atoms with Gasteiger partial charge in [-0.15, -0.1) is 0 Å². The minimum absolute atomic E-state index is 0.153. The fourth-order valence-electron chi connectivity index (χ4n) is 3.74. The number of aromatic nitrogens is 1. The van der Waals surface area contributed by atoms with E-state index >= 15 is 0 Å². The summed E-state index contributed by atoms with van der Waals surface area (Å²) in [6, 6.07) is 9.60. The van der Waals surface area contributed by atoms with Crippen LogP contribution in [0.25, 0.3) is 0 Å². The second kappa shape index (κ2) is 6.89. The molecule has 3 heterocycles. The summed E-state index contributed by atoms with van der Waals surface area (Å²) in [6.07, 6.45) is 5.11. The van der Waals surface area contributed by atoms with Gasteiger partial charge in [0.15, 0.2) is 0 Å². The van der Waals surface area contributed by atoms with E-state index in [1.807, 2.05) is 18.2 Å². The summed E-state index contributed by atoms with van der Waals surface area (Å²) >= 11 is 0. The lowest BCUT2D eigenvalue weighted by Crippen LogP contribution is -2.36. The van der Waals surface area contributed by atoms with Crippen LogP contribution in [0.3, 0.4) is 0 Å². The maximum Gasteiger partial charge on any atom is 0.270 e. The van der Waals surface area contributed by atoms with Crippen molar-refractivity contribution in [3.8, 4) is 0 Å². The highest BCUT2D eigenvalue weighted by Crippen LogP contribution is 2.23. The molecule has 7 heteroatoms. The molecule has 1 fully saturated rings. The zero-order chi connectivity index (χ0) is 18.1. The normalized spacial score (nSPS) is 18.5. The summed E-state index contributed by atoms with van der Waals surface area (Å²) < 4.78 is 27.0. The molecule has 26 heavy (non-hydrogen) atoms. The summed E-state index contributed by atoms with van der Waals surface area (Å²) in [5.41, 5.74) is 2.76. The number of carbonyl (C=O) groups excluding carboxylic acids is 1. The van der Waals surface area contributed by atoms with Crippen molar-refractivity contribution in [2.75, 3.05) is 19.6 Å². The Morgan fingerprint density at radius 2 is 1.73 bits per heavy atom. The van der Waals surface area contributed by atoms with Crippen LogP contribution in [0.1, 0.15) is 40.9 Å². The predicted molar refractivity (Wildman–Crippen MR) is 98.3 cm³/mol. The molecule has 6 nitrogen and oxygen atoms in total. The number of hydrogen-bond acceptors (Lipinski definition) is 3. The van der Waals surface area contributed by atoms with Gasteiger partial charge in [0.05, 0.1) is 0 Å². The molecule has 1 saturated heterocycles. The van der Waals surface area contributed by atoms with E-state index in [-0.39, 0.29) is 10.8 Å². The van der Waals surface area contributed by atoms with E-state index in [4.69, 9.17) is 0 Å². The van der Waals surface area contributed by atoms with Crippen LogP contribution in [0.15, 0.2) is 41.4 Å². The Morgan fingerprint density at radius 3 is 2.50 bits per heavy atom. The minimum Gasteiger partial charge on any atom is -0.356 e. The smallest absolute Gasteiger partial charge is 0.270 e. The topological polar surface area (TPSA) is 73.5 Å². The number of amides is 1. The molecule has 4 rings (SSSR count). The third-order valence-corrected chi connectivity index (χ3v) is 7.13. The average molecular weight is 373 g/mol. The first-order chi connectivity index (χ1) is 12.6. The molecule has 0 atom stereocenters. The monoisotopic (exact) mass is 373 g/mol. The summed E-state index contributed by atoms with van der Waals surface area (Å²) in [4.78, 5) is 17.6. The quantitative estimate of drug-likeness (QED) is 0.898. The van der Waals surface area contributed by atoms with Crippen molar-refractivity contribution in [2.45, 2.75) is 37.1 Å². The zero-order valence-corrected chi connectivity index (χ0v) is 15.5. The van der Waals surface area contributed by atoms with Gasteiger partial charge in [0.25, 0.3) is 5.91 Å². The molecule has 1 N–H and O–H groups in total. The number of carbonyl (C=O) groups is 1. The van der Waals surface area contributed by atoms with E-state index in [0.717, 1.165) is 31.2 Å². The molecule has 0 bridgehead atoms. The number of rotatable bonds is 3. The fourth-order valence-corrected chi connectivity index (χ4v) is 5.25. The average Bonchev–Trinajstić information content (AvgIpc) is 3.19. The third-order valence-electron chi connectivity index (χ3n) is 5.26. The van der Waals surface area contributed by atoms with E-state index in [1.54, 1.807) is 4.90 Å². The molecule has 2 aromatic rings. The Balaban J connectivity index is 1.52. The van der Waals surface area contributed by atoms with Crippen LogP contribution in [-0.4, -0.2) is 48.1 Å². The second-order valence-electron chi connectivity index (χ2n) is 6.96. The van der Waals surface area contributed by atoms with Crippen LogP contribution < -0.4 is 0 Å². The number of nitrogens with zero attached hydrogens (tertiary/aromatic N) is 2. The van der Waals surface area contributed by atoms with E-state index in [9.17, 15) is 13.2 Å². The molecular formula is C19H23N3O3S. The molecule has 0 radical (unpaired) electrons. The van der Waals surface area contributed by atoms with Crippen molar-refractivity contribution in [1.29, 1.82) is 0 Å². The molecule has 1 aromatic heterocycles. The molecule has 0 spiro atoms. The molecule has 1 aromatic carbocycles. The van der Waals surface area contributed by atoms with Crippen molar-refractivity contribution in [1.82, 2.24) is 14.2 Å². The van der Waals surface area contributed by atoms with Crippen LogP contribution in [0.5, 0.6) is 0 Å². The van der Waals surface area contributed by atoms with Crippen LogP contribution in [0, 0.1) is 0 Å². The Labute approximate surface area is 153 Å². The first-order valence-electron chi connectivity index (χ1n) is 9.10. The van der Waals surface area contributed by atoms with Gasteiger partial charge in [-0.1, -0.05) is 30.7 Å². The predicted octanol–water partition coefficient (Wildman–Crippen LogP) is 2.39. The highest BCUT2D eigenvalue weighted by molar-refractivity contribution is 7.89. The number of sulfonamides is 1. The van der Waals surface area contributed by atoms with Gasteiger partial charge in [-0.25, -0.2) is 8.42 Å². The van der Waals surface area contributed by atoms with E-state index in [0.29, 0.717) is 31.9 Å². The first-order valence-corrected chi connectivity index (χ1v) is 10.5. The molecule has 0 saturated carbocycles. The number of fused-ring (bicyclic) bond motifs is 1. The Morgan fingerprint density at radius 1 is 1.00 bits per heavy atom. The molecule has 138 valence electrons. The first kappa shape index (κ1) is 17.3. The molecule has 2 aliphatic rings. The van der Waals surface area contributed by atoms with Gasteiger partial charge in [0.1, 0.15) is 10.6 Å². The molecule has 2 aliphatic heterocycles. The van der Waals surface area contributed by atoms with Gasteiger partial charge < -0.3 is 9.88 Å². The summed E-state index contributed by atoms with van der Waals surface area (Å²) in [5.74, 6) is -0.153. The summed E-state index contributed by atoms with van der Waals surface area (Å²) in [7, 11) is -3.52. The van der Waals surface area contributed by atoms with Crippen LogP contribution in [-0.2, 0) is 23.0 Å². The van der Waals surface area contributed by atoms with Crippen LogP contribution in [0.2, 0.25) is 0 Å². The van der Waals surface area contributed by atoms with Gasteiger partial charge in [0, 0.05) is 32.4 Å².